The predicted molar refractivity (Wildman–Crippen MR) is 102 cm³/mol. The van der Waals surface area contributed by atoms with Gasteiger partial charge in [0.05, 0.1) is 19.3 Å². The van der Waals surface area contributed by atoms with Crippen molar-refractivity contribution in [1.82, 2.24) is 16.0 Å². The molecule has 0 fully saturated rings. The van der Waals surface area contributed by atoms with Gasteiger partial charge in [-0.05, 0) is 18.8 Å². The Morgan fingerprint density at radius 1 is 0.800 bits per heavy atom. The zero-order chi connectivity index (χ0) is 23.4. The highest BCUT2D eigenvalue weighted by Crippen LogP contribution is 2.07. The zero-order valence-corrected chi connectivity index (χ0v) is 16.8. The number of aliphatic hydroxyl groups excluding tert-OH is 2. The summed E-state index contributed by atoms with van der Waals surface area (Å²) in [5, 5.41) is 42.4. The van der Waals surface area contributed by atoms with Gasteiger partial charge < -0.3 is 42.1 Å². The first kappa shape index (κ1) is 27.2. The molecule has 0 saturated carbocycles. The Hall–Kier alpha value is -2.77. The molecular formula is C17H30N4O9. The molecule has 0 bridgehead atoms. The lowest BCUT2D eigenvalue weighted by molar-refractivity contribution is -0.143. The summed E-state index contributed by atoms with van der Waals surface area (Å²) in [6, 6.07) is -5.45. The van der Waals surface area contributed by atoms with Crippen LogP contribution in [0.4, 0.5) is 0 Å². The van der Waals surface area contributed by atoms with Crippen LogP contribution in [0.2, 0.25) is 0 Å². The van der Waals surface area contributed by atoms with E-state index in [2.05, 4.69) is 10.6 Å². The van der Waals surface area contributed by atoms with E-state index in [1.165, 1.54) is 0 Å². The van der Waals surface area contributed by atoms with Crippen LogP contribution in [0.5, 0.6) is 0 Å². The van der Waals surface area contributed by atoms with Gasteiger partial charge in [-0.2, -0.15) is 0 Å². The normalized spacial score (nSPS) is 14.9. The predicted octanol–water partition coefficient (Wildman–Crippen LogP) is -3.25. The maximum Gasteiger partial charge on any atom is 0.328 e. The van der Waals surface area contributed by atoms with Gasteiger partial charge in [0.1, 0.15) is 18.1 Å². The molecule has 0 saturated heterocycles. The van der Waals surface area contributed by atoms with Crippen molar-refractivity contribution >= 4 is 29.7 Å². The third-order valence-corrected chi connectivity index (χ3v) is 3.96. The van der Waals surface area contributed by atoms with Gasteiger partial charge in [-0.1, -0.05) is 13.8 Å². The van der Waals surface area contributed by atoms with Crippen molar-refractivity contribution in [2.45, 2.75) is 57.3 Å². The topological polar surface area (TPSA) is 228 Å². The molecule has 172 valence electrons. The molecule has 0 aliphatic heterocycles. The maximum absolute atomic E-state index is 12.5. The molecule has 0 aromatic heterocycles. The van der Waals surface area contributed by atoms with Crippen LogP contribution in [0.15, 0.2) is 0 Å². The maximum atomic E-state index is 12.5. The van der Waals surface area contributed by atoms with Gasteiger partial charge >= 0.3 is 11.9 Å². The second kappa shape index (κ2) is 13.5. The molecule has 0 heterocycles. The van der Waals surface area contributed by atoms with Crippen molar-refractivity contribution in [2.24, 2.45) is 11.7 Å². The van der Waals surface area contributed by atoms with Crippen LogP contribution in [0.1, 0.15) is 33.1 Å². The summed E-state index contributed by atoms with van der Waals surface area (Å²) in [4.78, 5) is 58.3. The number of nitrogens with one attached hydrogen (secondary N) is 3. The van der Waals surface area contributed by atoms with Crippen molar-refractivity contribution in [2.75, 3.05) is 13.2 Å². The molecule has 0 aliphatic carbocycles. The number of aliphatic carboxylic acids is 2. The largest absolute Gasteiger partial charge is 0.481 e. The van der Waals surface area contributed by atoms with Crippen molar-refractivity contribution in [3.63, 3.8) is 0 Å². The van der Waals surface area contributed by atoms with E-state index in [0.717, 1.165) is 0 Å². The summed E-state index contributed by atoms with van der Waals surface area (Å²) in [5.41, 5.74) is 5.63. The summed E-state index contributed by atoms with van der Waals surface area (Å²) >= 11 is 0. The van der Waals surface area contributed by atoms with Crippen LogP contribution in [0, 0.1) is 5.92 Å². The fourth-order valence-corrected chi connectivity index (χ4v) is 2.32. The fraction of sp³-hybridized carbons (Fsp3) is 0.706. The molecule has 13 heteroatoms. The van der Waals surface area contributed by atoms with E-state index in [1.54, 1.807) is 13.8 Å². The molecule has 4 atom stereocenters. The van der Waals surface area contributed by atoms with Gasteiger partial charge in [0, 0.05) is 6.42 Å². The average Bonchev–Trinajstić information content (AvgIpc) is 2.66. The molecule has 30 heavy (non-hydrogen) atoms. The molecule has 13 nitrogen and oxygen atoms in total. The minimum absolute atomic E-state index is 0.0662. The van der Waals surface area contributed by atoms with Crippen molar-refractivity contribution < 1.29 is 44.4 Å². The van der Waals surface area contributed by atoms with Gasteiger partial charge in [-0.3, -0.25) is 19.2 Å². The first-order valence-corrected chi connectivity index (χ1v) is 9.25. The lowest BCUT2D eigenvalue weighted by atomic mass is 10.0. The van der Waals surface area contributed by atoms with Gasteiger partial charge in [0.25, 0.3) is 0 Å². The summed E-state index contributed by atoms with van der Waals surface area (Å²) < 4.78 is 0. The molecule has 0 aliphatic rings. The standard InChI is InChI=1S/C17H30N4O9/c1-8(2)5-10(19-14(26)9(18)3-4-13(24)25)15(27)20-11(6-22)16(28)21-12(7-23)17(29)30/h8-12,22-23H,3-7,18H2,1-2H3,(H,19,26)(H,20,27)(H,21,28)(H,24,25)(H,29,30). The van der Waals surface area contributed by atoms with Crippen LogP contribution in [-0.4, -0.2) is 87.5 Å². The second-order valence-corrected chi connectivity index (χ2v) is 7.06. The summed E-state index contributed by atoms with van der Waals surface area (Å²) in [5.74, 6) is -5.33. The Bertz CT molecular complexity index is 626. The molecule has 9 N–H and O–H groups in total. The molecule has 0 radical (unpaired) electrons. The van der Waals surface area contributed by atoms with E-state index < -0.39 is 67.0 Å². The van der Waals surface area contributed by atoms with Crippen LogP contribution in [-0.2, 0) is 24.0 Å². The Balaban J connectivity index is 5.14. The first-order chi connectivity index (χ1) is 13.9. The van der Waals surface area contributed by atoms with Crippen LogP contribution >= 0.6 is 0 Å². The number of hydrogen-bond donors (Lipinski definition) is 8. The van der Waals surface area contributed by atoms with Crippen molar-refractivity contribution in [1.29, 1.82) is 0 Å². The Morgan fingerprint density at radius 3 is 1.70 bits per heavy atom. The summed E-state index contributed by atoms with van der Waals surface area (Å²) in [6.45, 7) is 1.78. The molecule has 0 spiro atoms. The van der Waals surface area contributed by atoms with Crippen LogP contribution in [0.25, 0.3) is 0 Å². The van der Waals surface area contributed by atoms with E-state index >= 15 is 0 Å². The SMILES string of the molecule is CC(C)CC(NC(=O)C(N)CCC(=O)O)C(=O)NC(CO)C(=O)NC(CO)C(=O)O. The quantitative estimate of drug-likeness (QED) is 0.136. The number of nitrogens with two attached hydrogens (primary N) is 1. The molecule has 0 aromatic carbocycles. The Labute approximate surface area is 173 Å². The second-order valence-electron chi connectivity index (χ2n) is 7.06. The number of aliphatic hydroxyl groups is 2. The third kappa shape index (κ3) is 10.1. The van der Waals surface area contributed by atoms with Crippen molar-refractivity contribution in [3.05, 3.63) is 0 Å². The number of rotatable bonds is 14. The molecule has 0 aromatic rings. The zero-order valence-electron chi connectivity index (χ0n) is 16.8. The average molecular weight is 434 g/mol. The number of carboxylic acids is 2. The molecule has 4 unspecified atom stereocenters. The highest BCUT2D eigenvalue weighted by Gasteiger charge is 2.30. The van der Waals surface area contributed by atoms with Gasteiger partial charge in [0.2, 0.25) is 17.7 Å². The first-order valence-electron chi connectivity index (χ1n) is 9.25. The highest BCUT2D eigenvalue weighted by atomic mass is 16.4. The number of carboxylic acid groups (broad SMARTS) is 2. The van der Waals surface area contributed by atoms with Gasteiger partial charge in [-0.25, -0.2) is 4.79 Å². The monoisotopic (exact) mass is 434 g/mol. The van der Waals surface area contributed by atoms with E-state index in [1.807, 2.05) is 5.32 Å². The van der Waals surface area contributed by atoms with E-state index in [-0.39, 0.29) is 25.2 Å². The van der Waals surface area contributed by atoms with Crippen molar-refractivity contribution in [3.8, 4) is 0 Å². The molecular weight excluding hydrogens is 404 g/mol. The molecule has 3 amide bonds. The van der Waals surface area contributed by atoms with E-state index in [0.29, 0.717) is 0 Å². The lowest BCUT2D eigenvalue weighted by Crippen LogP contribution is -2.58. The third-order valence-electron chi connectivity index (χ3n) is 3.96. The van der Waals surface area contributed by atoms with Gasteiger partial charge in [-0.15, -0.1) is 0 Å². The number of amides is 3. The Kier molecular flexibility index (Phi) is 12.2. The smallest absolute Gasteiger partial charge is 0.328 e. The minimum Gasteiger partial charge on any atom is -0.481 e. The van der Waals surface area contributed by atoms with E-state index in [9.17, 15) is 29.1 Å². The number of carbonyl (C=O) groups is 5. The Morgan fingerprint density at radius 2 is 1.27 bits per heavy atom. The lowest BCUT2D eigenvalue weighted by Gasteiger charge is -2.25. The highest BCUT2D eigenvalue weighted by molar-refractivity contribution is 5.94. The molecule has 0 rings (SSSR count). The number of carbonyl (C=O) groups excluding carboxylic acids is 3. The van der Waals surface area contributed by atoms with E-state index in [4.69, 9.17) is 21.1 Å². The summed E-state index contributed by atoms with van der Waals surface area (Å²) in [6.07, 6.45) is -0.327. The van der Waals surface area contributed by atoms with Gasteiger partial charge in [0.15, 0.2) is 0 Å². The van der Waals surface area contributed by atoms with Crippen LogP contribution < -0.4 is 21.7 Å². The minimum atomic E-state index is -1.62. The number of hydrogen-bond acceptors (Lipinski definition) is 8. The van der Waals surface area contributed by atoms with Crippen LogP contribution in [0.3, 0.4) is 0 Å². The summed E-state index contributed by atoms with van der Waals surface area (Å²) in [7, 11) is 0. The fourth-order valence-electron chi connectivity index (χ4n) is 2.32.